The summed E-state index contributed by atoms with van der Waals surface area (Å²) in [6.45, 7) is 8.99. The van der Waals surface area contributed by atoms with E-state index in [-0.39, 0.29) is 5.78 Å². The molecule has 0 spiro atoms. The molecule has 0 aliphatic heterocycles. The summed E-state index contributed by atoms with van der Waals surface area (Å²) < 4.78 is 10.6. The highest BCUT2D eigenvalue weighted by Crippen LogP contribution is 2.27. The van der Waals surface area contributed by atoms with E-state index in [1.807, 2.05) is 25.1 Å². The van der Waals surface area contributed by atoms with E-state index in [9.17, 15) is 4.79 Å². The van der Waals surface area contributed by atoms with Crippen molar-refractivity contribution in [2.24, 2.45) is 0 Å². The third kappa shape index (κ3) is 4.23. The number of Topliss-reactive ketones (excluding diaryl/α,β-unsaturated/α-hetero) is 1. The fraction of sp³-hybridized carbons (Fsp3) is 0.562. The number of methoxy groups -OCH3 is 1. The second-order valence-corrected chi connectivity index (χ2v) is 4.45. The molecule has 1 rings (SSSR count). The number of nitrogens with zero attached hydrogens (tertiary/aromatic N) is 1. The molecule has 0 aromatic heterocycles. The van der Waals surface area contributed by atoms with Crippen LogP contribution in [-0.4, -0.2) is 39.2 Å². The molecule has 0 unspecified atom stereocenters. The van der Waals surface area contributed by atoms with Gasteiger partial charge in [0.2, 0.25) is 0 Å². The van der Waals surface area contributed by atoms with Crippen molar-refractivity contribution in [3.8, 4) is 5.75 Å². The molecule has 1 aromatic rings. The average Bonchev–Trinajstić information content (AvgIpc) is 2.46. The second kappa shape index (κ2) is 8.59. The molecule has 0 radical (unpaired) electrons. The van der Waals surface area contributed by atoms with Gasteiger partial charge in [0.25, 0.3) is 0 Å². The monoisotopic (exact) mass is 279 g/mol. The van der Waals surface area contributed by atoms with Gasteiger partial charge in [-0.3, -0.25) is 4.79 Å². The summed E-state index contributed by atoms with van der Waals surface area (Å²) in [5.41, 5.74) is 1.72. The first-order chi connectivity index (χ1) is 9.67. The lowest BCUT2D eigenvalue weighted by atomic mass is 10.1. The minimum absolute atomic E-state index is 0.0568. The first kappa shape index (κ1) is 16.5. The molecule has 0 aliphatic carbocycles. The summed E-state index contributed by atoms with van der Waals surface area (Å²) in [6.07, 6.45) is 0.376. The van der Waals surface area contributed by atoms with Gasteiger partial charge in [-0.2, -0.15) is 0 Å². The summed E-state index contributed by atoms with van der Waals surface area (Å²) >= 11 is 0. The third-order valence-electron chi connectivity index (χ3n) is 3.23. The number of benzene rings is 1. The van der Waals surface area contributed by atoms with Gasteiger partial charge in [-0.25, -0.2) is 0 Å². The Morgan fingerprint density at radius 1 is 1.20 bits per heavy atom. The summed E-state index contributed by atoms with van der Waals surface area (Å²) in [7, 11) is 1.60. The maximum absolute atomic E-state index is 12.1. The second-order valence-electron chi connectivity index (χ2n) is 4.45. The van der Waals surface area contributed by atoms with Gasteiger partial charge in [0, 0.05) is 38.4 Å². The van der Waals surface area contributed by atoms with E-state index in [1.54, 1.807) is 7.11 Å². The Morgan fingerprint density at radius 3 is 2.45 bits per heavy atom. The highest BCUT2D eigenvalue weighted by molar-refractivity contribution is 5.99. The van der Waals surface area contributed by atoms with Crippen molar-refractivity contribution < 1.29 is 14.3 Å². The smallest absolute Gasteiger partial charge is 0.168 e. The summed E-state index contributed by atoms with van der Waals surface area (Å²) in [6, 6.07) is 5.79. The van der Waals surface area contributed by atoms with Crippen LogP contribution in [0.1, 0.15) is 37.6 Å². The minimum Gasteiger partial charge on any atom is -0.493 e. The molecule has 0 bridgehead atoms. The highest BCUT2D eigenvalue weighted by atomic mass is 16.5. The van der Waals surface area contributed by atoms with Crippen molar-refractivity contribution in [3.63, 3.8) is 0 Å². The average molecular weight is 279 g/mol. The Kier molecular flexibility index (Phi) is 7.09. The molecule has 0 heterocycles. The van der Waals surface area contributed by atoms with Crippen LogP contribution in [0, 0.1) is 0 Å². The molecule has 4 heteroatoms. The van der Waals surface area contributed by atoms with Crippen molar-refractivity contribution >= 4 is 11.5 Å². The van der Waals surface area contributed by atoms with Crippen molar-refractivity contribution in [2.45, 2.75) is 27.2 Å². The minimum atomic E-state index is 0.0568. The van der Waals surface area contributed by atoms with Gasteiger partial charge in [-0.05, 0) is 32.9 Å². The number of hydrogen-bond acceptors (Lipinski definition) is 4. The van der Waals surface area contributed by atoms with E-state index < -0.39 is 0 Å². The quantitative estimate of drug-likeness (QED) is 0.651. The Morgan fingerprint density at radius 2 is 1.90 bits per heavy atom. The van der Waals surface area contributed by atoms with E-state index in [0.29, 0.717) is 30.9 Å². The van der Waals surface area contributed by atoms with Crippen LogP contribution in [0.25, 0.3) is 0 Å². The zero-order valence-corrected chi connectivity index (χ0v) is 12.9. The van der Waals surface area contributed by atoms with Crippen LogP contribution in [0.2, 0.25) is 0 Å². The van der Waals surface area contributed by atoms with E-state index >= 15 is 0 Å². The number of anilines is 1. The van der Waals surface area contributed by atoms with E-state index in [2.05, 4.69) is 18.7 Å². The standard InChI is InChI=1S/C16H25NO3/c1-5-17(6-2)13-8-9-14(15(18)10-11-19-4)16(12-13)20-7-3/h8-9,12H,5-7,10-11H2,1-4H3. The lowest BCUT2D eigenvalue weighted by Crippen LogP contribution is -2.22. The van der Waals surface area contributed by atoms with Gasteiger partial charge in [0.05, 0.1) is 18.8 Å². The molecule has 20 heavy (non-hydrogen) atoms. The Bertz CT molecular complexity index is 428. The van der Waals surface area contributed by atoms with Crippen LogP contribution < -0.4 is 9.64 Å². The molecule has 0 saturated heterocycles. The van der Waals surface area contributed by atoms with Crippen LogP contribution in [0.3, 0.4) is 0 Å². The number of ketones is 1. The zero-order valence-electron chi connectivity index (χ0n) is 12.9. The molecule has 1 aromatic carbocycles. The Balaban J connectivity index is 3.03. The molecule has 0 N–H and O–H groups in total. The zero-order chi connectivity index (χ0) is 15.0. The predicted octanol–water partition coefficient (Wildman–Crippen LogP) is 3.15. The lowest BCUT2D eigenvalue weighted by molar-refractivity contribution is 0.0928. The Hall–Kier alpha value is -1.55. The normalized spacial score (nSPS) is 10.4. The fourth-order valence-electron chi connectivity index (χ4n) is 2.13. The van der Waals surface area contributed by atoms with Crippen LogP contribution >= 0.6 is 0 Å². The fourth-order valence-corrected chi connectivity index (χ4v) is 2.13. The van der Waals surface area contributed by atoms with Gasteiger partial charge in [-0.15, -0.1) is 0 Å². The van der Waals surface area contributed by atoms with E-state index in [4.69, 9.17) is 9.47 Å². The van der Waals surface area contributed by atoms with E-state index in [1.165, 1.54) is 0 Å². The van der Waals surface area contributed by atoms with Gasteiger partial charge in [0.15, 0.2) is 5.78 Å². The van der Waals surface area contributed by atoms with Crippen LogP contribution in [-0.2, 0) is 4.74 Å². The lowest BCUT2D eigenvalue weighted by Gasteiger charge is -2.22. The largest absolute Gasteiger partial charge is 0.493 e. The molecule has 0 amide bonds. The third-order valence-corrected chi connectivity index (χ3v) is 3.23. The van der Waals surface area contributed by atoms with Gasteiger partial charge in [0.1, 0.15) is 5.75 Å². The topological polar surface area (TPSA) is 38.8 Å². The molecular formula is C16H25NO3. The predicted molar refractivity (Wildman–Crippen MR) is 82.0 cm³/mol. The van der Waals surface area contributed by atoms with Gasteiger partial charge < -0.3 is 14.4 Å². The molecular weight excluding hydrogens is 254 g/mol. The van der Waals surface area contributed by atoms with Gasteiger partial charge >= 0.3 is 0 Å². The molecule has 0 aliphatic rings. The van der Waals surface area contributed by atoms with Crippen LogP contribution in [0.5, 0.6) is 5.75 Å². The Labute approximate surface area is 121 Å². The molecule has 0 saturated carbocycles. The summed E-state index contributed by atoms with van der Waals surface area (Å²) in [5, 5.41) is 0. The van der Waals surface area contributed by atoms with Crippen molar-refractivity contribution in [1.82, 2.24) is 0 Å². The van der Waals surface area contributed by atoms with Crippen molar-refractivity contribution in [1.29, 1.82) is 0 Å². The highest BCUT2D eigenvalue weighted by Gasteiger charge is 2.14. The van der Waals surface area contributed by atoms with Crippen LogP contribution in [0.15, 0.2) is 18.2 Å². The van der Waals surface area contributed by atoms with Crippen molar-refractivity contribution in [3.05, 3.63) is 23.8 Å². The van der Waals surface area contributed by atoms with Crippen LogP contribution in [0.4, 0.5) is 5.69 Å². The van der Waals surface area contributed by atoms with E-state index in [0.717, 1.165) is 18.8 Å². The molecule has 4 nitrogen and oxygen atoms in total. The maximum atomic E-state index is 12.1. The first-order valence-corrected chi connectivity index (χ1v) is 7.21. The maximum Gasteiger partial charge on any atom is 0.168 e. The SMILES string of the molecule is CCOc1cc(N(CC)CC)ccc1C(=O)CCOC. The first-order valence-electron chi connectivity index (χ1n) is 7.21. The van der Waals surface area contributed by atoms with Gasteiger partial charge in [-0.1, -0.05) is 0 Å². The number of hydrogen-bond donors (Lipinski definition) is 0. The number of carbonyl (C=O) groups is 1. The number of rotatable bonds is 9. The number of carbonyl (C=O) groups excluding carboxylic acids is 1. The summed E-state index contributed by atoms with van der Waals surface area (Å²) in [4.78, 5) is 14.4. The molecule has 0 fully saturated rings. The molecule has 0 atom stereocenters. The van der Waals surface area contributed by atoms with Crippen molar-refractivity contribution in [2.75, 3.05) is 38.3 Å². The number of ether oxygens (including phenoxy) is 2. The summed E-state index contributed by atoms with van der Waals surface area (Å²) in [5.74, 6) is 0.722. The molecule has 112 valence electrons.